The third-order valence-electron chi connectivity index (χ3n) is 7.81. The average Bonchev–Trinajstić information content (AvgIpc) is 2.89. The van der Waals surface area contributed by atoms with Crippen LogP contribution in [0.1, 0.15) is 200 Å². The fourth-order valence-corrected chi connectivity index (χ4v) is 5.36. The molecule has 0 amide bonds. The molecule has 1 atom stereocenters. The van der Waals surface area contributed by atoms with Crippen molar-refractivity contribution in [2.24, 2.45) is 0 Å². The first-order chi connectivity index (χ1) is 18.6. The number of rotatable bonds is 31. The zero-order valence-electron chi connectivity index (χ0n) is 25.8. The lowest BCUT2D eigenvalue weighted by molar-refractivity contribution is -0.150. The average molecular weight is 539 g/mol. The molecule has 0 saturated carbocycles. The molecule has 4 heteroatoms. The highest BCUT2D eigenvalue weighted by molar-refractivity contribution is 5.69. The molecule has 0 aromatic carbocycles. The Kier molecular flexibility index (Phi) is 29.6. The number of unbranched alkanes of at least 4 members (excludes halogenated alkanes) is 22. The Morgan fingerprint density at radius 2 is 0.842 bits per heavy atom. The van der Waals surface area contributed by atoms with E-state index < -0.39 is 5.97 Å². The predicted molar refractivity (Wildman–Crippen MR) is 163 cm³/mol. The van der Waals surface area contributed by atoms with Gasteiger partial charge in [-0.3, -0.25) is 9.59 Å². The van der Waals surface area contributed by atoms with Crippen LogP contribution in [-0.4, -0.2) is 23.1 Å². The van der Waals surface area contributed by atoms with Crippen LogP contribution in [0, 0.1) is 0 Å². The van der Waals surface area contributed by atoms with E-state index in [0.717, 1.165) is 57.8 Å². The highest BCUT2D eigenvalue weighted by Gasteiger charge is 2.13. The minimum Gasteiger partial charge on any atom is -0.481 e. The molecule has 0 aromatic heterocycles. The molecule has 0 aliphatic heterocycles. The van der Waals surface area contributed by atoms with E-state index in [9.17, 15) is 9.59 Å². The van der Waals surface area contributed by atoms with Crippen LogP contribution in [0.4, 0.5) is 0 Å². The normalized spacial score (nSPS) is 12.1. The summed E-state index contributed by atoms with van der Waals surface area (Å²) in [5.41, 5.74) is 0. The Morgan fingerprint density at radius 1 is 0.474 bits per heavy atom. The molecule has 0 spiro atoms. The molecule has 0 saturated heterocycles. The van der Waals surface area contributed by atoms with Gasteiger partial charge in [-0.15, -0.1) is 0 Å². The van der Waals surface area contributed by atoms with Crippen LogP contribution in [0.2, 0.25) is 0 Å². The van der Waals surface area contributed by atoms with Crippen LogP contribution in [0.15, 0.2) is 0 Å². The molecular weight excluding hydrogens is 472 g/mol. The fraction of sp³-hybridized carbons (Fsp3) is 0.941. The summed E-state index contributed by atoms with van der Waals surface area (Å²) >= 11 is 0. The summed E-state index contributed by atoms with van der Waals surface area (Å²) in [6.45, 7) is 4.46. The fourth-order valence-electron chi connectivity index (χ4n) is 5.36. The van der Waals surface area contributed by atoms with Crippen LogP contribution in [0.3, 0.4) is 0 Å². The van der Waals surface area contributed by atoms with Crippen molar-refractivity contribution in [3.05, 3.63) is 0 Å². The molecule has 0 aliphatic carbocycles. The van der Waals surface area contributed by atoms with Crippen molar-refractivity contribution in [2.75, 3.05) is 0 Å². The van der Waals surface area contributed by atoms with Gasteiger partial charge in [0.25, 0.3) is 0 Å². The van der Waals surface area contributed by atoms with Crippen molar-refractivity contribution in [2.45, 2.75) is 206 Å². The smallest absolute Gasteiger partial charge is 0.306 e. The summed E-state index contributed by atoms with van der Waals surface area (Å²) in [4.78, 5) is 22.8. The largest absolute Gasteiger partial charge is 0.481 e. The van der Waals surface area contributed by atoms with E-state index in [2.05, 4.69) is 13.8 Å². The van der Waals surface area contributed by atoms with Gasteiger partial charge in [-0.1, -0.05) is 155 Å². The molecule has 4 nitrogen and oxygen atoms in total. The molecule has 0 rings (SSSR count). The highest BCUT2D eigenvalue weighted by Crippen LogP contribution is 2.17. The highest BCUT2D eigenvalue weighted by atomic mass is 16.5. The number of carboxylic acids is 1. The zero-order valence-corrected chi connectivity index (χ0v) is 25.8. The van der Waals surface area contributed by atoms with Crippen LogP contribution in [0.5, 0.6) is 0 Å². The minimum atomic E-state index is -0.675. The Balaban J connectivity index is 3.53. The van der Waals surface area contributed by atoms with E-state index in [4.69, 9.17) is 9.84 Å². The van der Waals surface area contributed by atoms with Crippen LogP contribution in [0.25, 0.3) is 0 Å². The monoisotopic (exact) mass is 538 g/mol. The first-order valence-electron chi connectivity index (χ1n) is 17.0. The Labute approximate surface area is 237 Å². The molecule has 0 bridgehead atoms. The lowest BCUT2D eigenvalue weighted by Gasteiger charge is -2.17. The van der Waals surface area contributed by atoms with Crippen LogP contribution < -0.4 is 0 Å². The van der Waals surface area contributed by atoms with Gasteiger partial charge >= 0.3 is 11.9 Å². The standard InChI is InChI=1S/C34H66O4/c1-3-5-6-7-8-9-10-11-12-13-18-21-24-27-31-34(37)38-32(28-4-2)29-25-22-19-16-14-15-17-20-23-26-30-33(35)36/h32H,3-31H2,1-2H3,(H,35,36). The van der Waals surface area contributed by atoms with E-state index in [0.29, 0.717) is 12.8 Å². The quantitative estimate of drug-likeness (QED) is 0.0704. The lowest BCUT2D eigenvalue weighted by atomic mass is 10.0. The molecular formula is C34H66O4. The second-order valence-electron chi connectivity index (χ2n) is 11.7. The third-order valence-corrected chi connectivity index (χ3v) is 7.81. The Hall–Kier alpha value is -1.06. The topological polar surface area (TPSA) is 63.6 Å². The van der Waals surface area contributed by atoms with Crippen molar-refractivity contribution in [3.63, 3.8) is 0 Å². The summed E-state index contributed by atoms with van der Waals surface area (Å²) in [5.74, 6) is -0.656. The summed E-state index contributed by atoms with van der Waals surface area (Å²) in [6, 6.07) is 0. The van der Waals surface area contributed by atoms with Gasteiger partial charge in [-0.05, 0) is 32.1 Å². The number of hydrogen-bond donors (Lipinski definition) is 1. The first kappa shape index (κ1) is 36.9. The van der Waals surface area contributed by atoms with Crippen molar-refractivity contribution in [3.8, 4) is 0 Å². The van der Waals surface area contributed by atoms with E-state index in [1.807, 2.05) is 0 Å². The van der Waals surface area contributed by atoms with E-state index in [-0.39, 0.29) is 12.1 Å². The SMILES string of the molecule is CCCCCCCCCCCCCCCCC(=O)OC(CCC)CCCCCCCCCCCCC(=O)O. The molecule has 1 N–H and O–H groups in total. The molecule has 0 aliphatic rings. The lowest BCUT2D eigenvalue weighted by Crippen LogP contribution is -2.18. The number of carbonyl (C=O) groups is 2. The molecule has 0 heterocycles. The zero-order chi connectivity index (χ0) is 27.9. The number of esters is 1. The van der Waals surface area contributed by atoms with Gasteiger partial charge in [0, 0.05) is 12.8 Å². The molecule has 226 valence electrons. The van der Waals surface area contributed by atoms with E-state index in [1.165, 1.54) is 116 Å². The van der Waals surface area contributed by atoms with Crippen molar-refractivity contribution in [1.29, 1.82) is 0 Å². The molecule has 1 unspecified atom stereocenters. The van der Waals surface area contributed by atoms with Crippen LogP contribution in [-0.2, 0) is 14.3 Å². The van der Waals surface area contributed by atoms with E-state index in [1.54, 1.807) is 0 Å². The van der Waals surface area contributed by atoms with Gasteiger partial charge < -0.3 is 9.84 Å². The molecule has 0 fully saturated rings. The molecule has 38 heavy (non-hydrogen) atoms. The minimum absolute atomic E-state index is 0.0192. The van der Waals surface area contributed by atoms with Crippen molar-refractivity contribution in [1.82, 2.24) is 0 Å². The third kappa shape index (κ3) is 29.5. The first-order valence-corrected chi connectivity index (χ1v) is 17.0. The molecule has 0 radical (unpaired) electrons. The Morgan fingerprint density at radius 3 is 1.24 bits per heavy atom. The maximum atomic E-state index is 12.3. The second kappa shape index (κ2) is 30.5. The summed E-state index contributed by atoms with van der Waals surface area (Å²) < 4.78 is 5.84. The second-order valence-corrected chi connectivity index (χ2v) is 11.7. The predicted octanol–water partition coefficient (Wildman–Crippen LogP) is 11.3. The summed E-state index contributed by atoms with van der Waals surface area (Å²) in [7, 11) is 0. The van der Waals surface area contributed by atoms with Crippen molar-refractivity contribution < 1.29 is 19.4 Å². The number of carbonyl (C=O) groups excluding carboxylic acids is 1. The van der Waals surface area contributed by atoms with Gasteiger partial charge in [0.2, 0.25) is 0 Å². The number of hydrogen-bond acceptors (Lipinski definition) is 3. The number of carboxylic acid groups (broad SMARTS) is 1. The van der Waals surface area contributed by atoms with Gasteiger partial charge in [0.05, 0.1) is 0 Å². The Bertz CT molecular complexity index is 505. The number of ether oxygens (including phenoxy) is 1. The number of aliphatic carboxylic acids is 1. The maximum absolute atomic E-state index is 12.3. The van der Waals surface area contributed by atoms with Crippen molar-refractivity contribution >= 4 is 11.9 Å². The summed E-state index contributed by atoms with van der Waals surface area (Å²) in [6.07, 6.45) is 34.6. The van der Waals surface area contributed by atoms with Gasteiger partial charge in [0.1, 0.15) is 6.10 Å². The molecule has 0 aromatic rings. The summed E-state index contributed by atoms with van der Waals surface area (Å²) in [5, 5.41) is 8.65. The van der Waals surface area contributed by atoms with Gasteiger partial charge in [0.15, 0.2) is 0 Å². The van der Waals surface area contributed by atoms with Gasteiger partial charge in [-0.2, -0.15) is 0 Å². The van der Waals surface area contributed by atoms with E-state index >= 15 is 0 Å². The maximum Gasteiger partial charge on any atom is 0.306 e. The van der Waals surface area contributed by atoms with Crippen LogP contribution >= 0.6 is 0 Å². The van der Waals surface area contributed by atoms with Gasteiger partial charge in [-0.25, -0.2) is 0 Å².